The van der Waals surface area contributed by atoms with Gasteiger partial charge in [-0.15, -0.1) is 0 Å². The molecule has 5 nitrogen and oxygen atoms in total. The highest BCUT2D eigenvalue weighted by molar-refractivity contribution is 6.07. The van der Waals surface area contributed by atoms with Crippen molar-refractivity contribution in [3.63, 3.8) is 0 Å². The molecule has 6 heteroatoms. The number of hydrogen-bond acceptors (Lipinski definition) is 3. The highest BCUT2D eigenvalue weighted by Gasteiger charge is 2.16. The van der Waals surface area contributed by atoms with E-state index in [9.17, 15) is 9.18 Å². The molecule has 3 rings (SSSR count). The average Bonchev–Trinajstić information content (AvgIpc) is 2.94. The molecule has 0 atom stereocenters. The first-order valence-electron chi connectivity index (χ1n) is 6.07. The molecular weight excluding hydrogens is 261 g/mol. The normalized spacial score (nSPS) is 10.9. The minimum absolute atomic E-state index is 0.340. The second-order valence-electron chi connectivity index (χ2n) is 4.59. The van der Waals surface area contributed by atoms with Crippen molar-refractivity contribution in [3.05, 3.63) is 47.1 Å². The molecule has 0 aliphatic heterocycles. The predicted octanol–water partition coefficient (Wildman–Crippen LogP) is 3.16. The predicted molar refractivity (Wildman–Crippen MR) is 72.2 cm³/mol. The van der Waals surface area contributed by atoms with Crippen molar-refractivity contribution in [2.75, 3.05) is 5.32 Å². The summed E-state index contributed by atoms with van der Waals surface area (Å²) in [6, 6.07) is 5.99. The topological polar surface area (TPSA) is 70.9 Å². The van der Waals surface area contributed by atoms with Crippen LogP contribution in [0, 0.1) is 19.7 Å². The molecule has 0 aliphatic rings. The van der Waals surface area contributed by atoms with Crippen LogP contribution in [0.1, 0.15) is 21.8 Å². The number of amides is 1. The van der Waals surface area contributed by atoms with Gasteiger partial charge in [0.2, 0.25) is 0 Å². The van der Waals surface area contributed by atoms with Crippen LogP contribution in [-0.4, -0.2) is 16.0 Å². The van der Waals surface area contributed by atoms with Crippen LogP contribution in [0.25, 0.3) is 10.9 Å². The zero-order valence-corrected chi connectivity index (χ0v) is 11.0. The van der Waals surface area contributed by atoms with Crippen LogP contribution >= 0.6 is 0 Å². The van der Waals surface area contributed by atoms with E-state index in [0.29, 0.717) is 22.8 Å². The molecule has 0 radical (unpaired) electrons. The van der Waals surface area contributed by atoms with E-state index in [4.69, 9.17) is 4.52 Å². The maximum absolute atomic E-state index is 13.2. The third-order valence-electron chi connectivity index (χ3n) is 3.12. The summed E-state index contributed by atoms with van der Waals surface area (Å²) in [6.07, 6.45) is 0. The standard InChI is InChI=1S/C14H12FN3O2/c1-7-5-12(18-20-7)17-14(19)13-8(2)10-4-3-9(15)6-11(10)16-13/h3-6,16H,1-2H3,(H,17,18,19). The lowest BCUT2D eigenvalue weighted by Gasteiger charge is -1.99. The Kier molecular flexibility index (Phi) is 2.78. The number of halogens is 1. The average molecular weight is 273 g/mol. The molecule has 0 saturated carbocycles. The number of fused-ring (bicyclic) bond motifs is 1. The van der Waals surface area contributed by atoms with Gasteiger partial charge in [-0.2, -0.15) is 0 Å². The molecule has 0 saturated heterocycles. The third kappa shape index (κ3) is 2.05. The Bertz CT molecular complexity index is 804. The fraction of sp³-hybridized carbons (Fsp3) is 0.143. The molecule has 1 aromatic carbocycles. The first-order valence-corrected chi connectivity index (χ1v) is 6.07. The molecule has 0 spiro atoms. The Balaban J connectivity index is 1.97. The van der Waals surface area contributed by atoms with Crippen LogP contribution in [0.5, 0.6) is 0 Å². The van der Waals surface area contributed by atoms with Crippen LogP contribution in [0.2, 0.25) is 0 Å². The van der Waals surface area contributed by atoms with E-state index in [1.165, 1.54) is 12.1 Å². The molecule has 3 aromatic rings. The summed E-state index contributed by atoms with van der Waals surface area (Å²) in [4.78, 5) is 15.1. The molecule has 20 heavy (non-hydrogen) atoms. The Morgan fingerprint density at radius 1 is 1.35 bits per heavy atom. The molecule has 1 amide bonds. The van der Waals surface area contributed by atoms with E-state index < -0.39 is 0 Å². The van der Waals surface area contributed by atoms with Crippen molar-refractivity contribution in [3.8, 4) is 0 Å². The van der Waals surface area contributed by atoms with E-state index in [2.05, 4.69) is 15.5 Å². The number of aromatic amines is 1. The number of carbonyl (C=O) groups is 1. The van der Waals surface area contributed by atoms with Gasteiger partial charge in [-0.3, -0.25) is 4.79 Å². The van der Waals surface area contributed by atoms with Crippen molar-refractivity contribution >= 4 is 22.6 Å². The minimum Gasteiger partial charge on any atom is -0.360 e. The van der Waals surface area contributed by atoms with Gasteiger partial charge in [0.1, 0.15) is 17.3 Å². The number of nitrogens with zero attached hydrogens (tertiary/aromatic N) is 1. The van der Waals surface area contributed by atoms with Gasteiger partial charge >= 0.3 is 0 Å². The highest BCUT2D eigenvalue weighted by Crippen LogP contribution is 2.23. The molecule has 0 aliphatic carbocycles. The zero-order valence-electron chi connectivity index (χ0n) is 11.0. The summed E-state index contributed by atoms with van der Waals surface area (Å²) in [6.45, 7) is 3.54. The van der Waals surface area contributed by atoms with Crippen molar-refractivity contribution in [1.29, 1.82) is 0 Å². The van der Waals surface area contributed by atoms with Crippen LogP contribution in [0.3, 0.4) is 0 Å². The van der Waals surface area contributed by atoms with Gasteiger partial charge in [-0.1, -0.05) is 5.16 Å². The lowest BCUT2D eigenvalue weighted by Crippen LogP contribution is -2.13. The number of carbonyl (C=O) groups excluding carboxylic acids is 1. The second-order valence-corrected chi connectivity index (χ2v) is 4.59. The molecule has 102 valence electrons. The van der Waals surface area contributed by atoms with Gasteiger partial charge < -0.3 is 14.8 Å². The van der Waals surface area contributed by atoms with E-state index >= 15 is 0 Å². The van der Waals surface area contributed by atoms with E-state index in [-0.39, 0.29) is 11.7 Å². The van der Waals surface area contributed by atoms with E-state index in [0.717, 1.165) is 10.9 Å². The number of aryl methyl sites for hydroxylation is 2. The zero-order chi connectivity index (χ0) is 14.3. The summed E-state index contributed by atoms with van der Waals surface area (Å²) >= 11 is 0. The van der Waals surface area contributed by atoms with Gasteiger partial charge in [0, 0.05) is 17.0 Å². The maximum Gasteiger partial charge on any atom is 0.273 e. The number of benzene rings is 1. The summed E-state index contributed by atoms with van der Waals surface area (Å²) in [5.74, 6) is 0.262. The lowest BCUT2D eigenvalue weighted by molar-refractivity contribution is 0.102. The lowest BCUT2D eigenvalue weighted by atomic mass is 10.1. The molecule has 2 N–H and O–H groups in total. The largest absolute Gasteiger partial charge is 0.360 e. The van der Waals surface area contributed by atoms with Gasteiger partial charge in [-0.25, -0.2) is 4.39 Å². The summed E-state index contributed by atoms with van der Waals surface area (Å²) in [5.41, 5.74) is 1.73. The van der Waals surface area contributed by atoms with E-state index in [1.54, 1.807) is 26.0 Å². The van der Waals surface area contributed by atoms with Crippen LogP contribution < -0.4 is 5.32 Å². The highest BCUT2D eigenvalue weighted by atomic mass is 19.1. The molecule has 2 aromatic heterocycles. The summed E-state index contributed by atoms with van der Waals surface area (Å²) in [5, 5.41) is 7.14. The van der Waals surface area contributed by atoms with Crippen LogP contribution in [0.4, 0.5) is 10.2 Å². The fourth-order valence-corrected chi connectivity index (χ4v) is 2.14. The molecular formula is C14H12FN3O2. The van der Waals surface area contributed by atoms with Gasteiger partial charge in [0.15, 0.2) is 5.82 Å². The number of anilines is 1. The van der Waals surface area contributed by atoms with Crippen molar-refractivity contribution in [1.82, 2.24) is 10.1 Å². The second kappa shape index (κ2) is 4.48. The number of nitrogens with one attached hydrogen (secondary N) is 2. The Morgan fingerprint density at radius 2 is 2.15 bits per heavy atom. The number of rotatable bonds is 2. The summed E-state index contributed by atoms with van der Waals surface area (Å²) in [7, 11) is 0. The summed E-state index contributed by atoms with van der Waals surface area (Å²) < 4.78 is 18.1. The van der Waals surface area contributed by atoms with Gasteiger partial charge in [-0.05, 0) is 37.6 Å². The smallest absolute Gasteiger partial charge is 0.273 e. The van der Waals surface area contributed by atoms with Crippen molar-refractivity contribution in [2.45, 2.75) is 13.8 Å². The Morgan fingerprint density at radius 3 is 2.85 bits per heavy atom. The first kappa shape index (κ1) is 12.4. The molecule has 0 fully saturated rings. The van der Waals surface area contributed by atoms with Crippen LogP contribution in [0.15, 0.2) is 28.8 Å². The Hall–Kier alpha value is -2.63. The van der Waals surface area contributed by atoms with Crippen molar-refractivity contribution < 1.29 is 13.7 Å². The van der Waals surface area contributed by atoms with Crippen LogP contribution in [-0.2, 0) is 0 Å². The fourth-order valence-electron chi connectivity index (χ4n) is 2.14. The SMILES string of the molecule is Cc1cc(NC(=O)c2[nH]c3cc(F)ccc3c2C)no1. The minimum atomic E-state index is -0.349. The van der Waals surface area contributed by atoms with Crippen molar-refractivity contribution in [2.24, 2.45) is 0 Å². The molecule has 0 unspecified atom stereocenters. The maximum atomic E-state index is 13.2. The first-order chi connectivity index (χ1) is 9.54. The van der Waals surface area contributed by atoms with E-state index in [1.807, 2.05) is 0 Å². The number of hydrogen-bond donors (Lipinski definition) is 2. The molecule has 2 heterocycles. The quantitative estimate of drug-likeness (QED) is 0.753. The monoisotopic (exact) mass is 273 g/mol. The number of aromatic nitrogens is 2. The number of H-pyrrole nitrogens is 1. The van der Waals surface area contributed by atoms with Gasteiger partial charge in [0.05, 0.1) is 0 Å². The molecule has 0 bridgehead atoms. The Labute approximate surface area is 113 Å². The third-order valence-corrected chi connectivity index (χ3v) is 3.12. The van der Waals surface area contributed by atoms with Gasteiger partial charge in [0.25, 0.3) is 5.91 Å².